The molecule has 1 unspecified atom stereocenters. The monoisotopic (exact) mass is 525 g/mol. The van der Waals surface area contributed by atoms with Crippen molar-refractivity contribution in [1.82, 2.24) is 0 Å². The number of carbonyl (C=O) groups is 2. The van der Waals surface area contributed by atoms with E-state index in [0.717, 1.165) is 53.7 Å². The van der Waals surface area contributed by atoms with Crippen LogP contribution in [0.3, 0.4) is 0 Å². The van der Waals surface area contributed by atoms with Gasteiger partial charge in [-0.15, -0.1) is 0 Å². The van der Waals surface area contributed by atoms with Crippen molar-refractivity contribution < 1.29 is 19.4 Å². The second-order valence-corrected chi connectivity index (χ2v) is 10.6. The molecule has 39 heavy (non-hydrogen) atoms. The lowest BCUT2D eigenvalue weighted by Gasteiger charge is -2.26. The highest BCUT2D eigenvalue weighted by atomic mass is 16.5. The van der Waals surface area contributed by atoms with Gasteiger partial charge in [0.25, 0.3) is 11.7 Å². The number of ether oxygens (including phenoxy) is 1. The van der Waals surface area contributed by atoms with E-state index in [1.54, 1.807) is 7.11 Å². The van der Waals surface area contributed by atoms with Gasteiger partial charge in [0.2, 0.25) is 0 Å². The normalized spacial score (nSPS) is 16.8. The number of Topliss-reactive ketones (excluding diaryl/α,β-unsaturated/α-hetero) is 1. The van der Waals surface area contributed by atoms with E-state index in [0.29, 0.717) is 11.3 Å². The van der Waals surface area contributed by atoms with Crippen LogP contribution in [0, 0.1) is 6.92 Å². The number of anilines is 1. The summed E-state index contributed by atoms with van der Waals surface area (Å²) in [6, 6.07) is 18.8. The Morgan fingerprint density at radius 1 is 0.974 bits per heavy atom. The number of hydrogen-bond acceptors (Lipinski definition) is 4. The quantitative estimate of drug-likeness (QED) is 0.177. The van der Waals surface area contributed by atoms with E-state index in [1.165, 1.54) is 10.5 Å². The molecular weight excluding hydrogens is 486 g/mol. The van der Waals surface area contributed by atoms with Gasteiger partial charge < -0.3 is 9.84 Å². The summed E-state index contributed by atoms with van der Waals surface area (Å²) in [5.41, 5.74) is 6.07. The third kappa shape index (κ3) is 5.49. The Bertz CT molecular complexity index is 1380. The Morgan fingerprint density at radius 2 is 1.62 bits per heavy atom. The lowest BCUT2D eigenvalue weighted by atomic mass is 9.90. The number of benzene rings is 3. The SMILES string of the molecule is CCCCc1ccc(N2C(=O)C(=O)/C(=C(/O)c3cc(C(C)C)c(OC)cc3C)C2c2ccc(CC)cc2)cc1. The van der Waals surface area contributed by atoms with Crippen LogP contribution in [0.5, 0.6) is 5.75 Å². The standard InChI is InChI=1S/C34H39NO4/c1-7-9-10-24-13-17-26(18-14-24)35-31(25-15-11-23(8-2)12-16-25)30(33(37)34(35)38)32(36)28-20-27(21(3)4)29(39-6)19-22(28)5/h11-21,31,36H,7-10H2,1-6H3/b32-30+. The second-order valence-electron chi connectivity index (χ2n) is 10.6. The lowest BCUT2D eigenvalue weighted by Crippen LogP contribution is -2.29. The molecule has 1 aliphatic rings. The molecule has 4 rings (SSSR count). The highest BCUT2D eigenvalue weighted by Gasteiger charge is 2.47. The molecule has 0 aliphatic carbocycles. The zero-order chi connectivity index (χ0) is 28.3. The van der Waals surface area contributed by atoms with Gasteiger partial charge in [-0.3, -0.25) is 14.5 Å². The van der Waals surface area contributed by atoms with Crippen molar-refractivity contribution in [3.05, 3.63) is 99.6 Å². The van der Waals surface area contributed by atoms with Crippen LogP contribution in [0.2, 0.25) is 0 Å². The number of carbonyl (C=O) groups excluding carboxylic acids is 2. The minimum Gasteiger partial charge on any atom is -0.507 e. The summed E-state index contributed by atoms with van der Waals surface area (Å²) < 4.78 is 5.58. The summed E-state index contributed by atoms with van der Waals surface area (Å²) >= 11 is 0. The van der Waals surface area contributed by atoms with Gasteiger partial charge in [0.1, 0.15) is 11.5 Å². The van der Waals surface area contributed by atoms with E-state index in [2.05, 4.69) is 27.7 Å². The number of aliphatic hydroxyl groups excluding tert-OH is 1. The minimum atomic E-state index is -0.749. The number of aliphatic hydroxyl groups is 1. The van der Waals surface area contributed by atoms with Crippen molar-refractivity contribution in [3.8, 4) is 5.75 Å². The average Bonchev–Trinajstić information content (AvgIpc) is 3.21. The molecule has 1 aliphatic heterocycles. The minimum absolute atomic E-state index is 0.0993. The molecule has 1 N–H and O–H groups in total. The van der Waals surface area contributed by atoms with E-state index in [4.69, 9.17) is 4.74 Å². The Morgan fingerprint density at radius 3 is 2.18 bits per heavy atom. The maximum atomic E-state index is 13.6. The van der Waals surface area contributed by atoms with E-state index >= 15 is 0 Å². The zero-order valence-electron chi connectivity index (χ0n) is 23.9. The smallest absolute Gasteiger partial charge is 0.300 e. The van der Waals surface area contributed by atoms with E-state index < -0.39 is 17.7 Å². The molecule has 3 aromatic carbocycles. The molecule has 0 bridgehead atoms. The predicted molar refractivity (Wildman–Crippen MR) is 157 cm³/mol. The van der Waals surface area contributed by atoms with Crippen LogP contribution in [0.15, 0.2) is 66.2 Å². The fraction of sp³-hybridized carbons (Fsp3) is 0.353. The first-order valence-electron chi connectivity index (χ1n) is 13.9. The van der Waals surface area contributed by atoms with Gasteiger partial charge in [-0.05, 0) is 84.2 Å². The Labute approximate surface area is 232 Å². The molecule has 0 radical (unpaired) electrons. The van der Waals surface area contributed by atoms with E-state index in [1.807, 2.05) is 67.6 Å². The molecule has 0 aromatic heterocycles. The number of unbranched alkanes of at least 4 members (excludes halogenated alkanes) is 1. The van der Waals surface area contributed by atoms with Gasteiger partial charge in [0.15, 0.2) is 0 Å². The zero-order valence-corrected chi connectivity index (χ0v) is 23.9. The van der Waals surface area contributed by atoms with Gasteiger partial charge >= 0.3 is 0 Å². The molecule has 0 spiro atoms. The molecule has 1 saturated heterocycles. The highest BCUT2D eigenvalue weighted by Crippen LogP contribution is 2.43. The number of rotatable bonds is 9. The van der Waals surface area contributed by atoms with Crippen LogP contribution < -0.4 is 9.64 Å². The summed E-state index contributed by atoms with van der Waals surface area (Å²) in [6.07, 6.45) is 4.04. The van der Waals surface area contributed by atoms with Gasteiger partial charge in [-0.1, -0.05) is 70.5 Å². The van der Waals surface area contributed by atoms with Crippen molar-refractivity contribution in [2.24, 2.45) is 0 Å². The van der Waals surface area contributed by atoms with Crippen molar-refractivity contribution in [1.29, 1.82) is 0 Å². The van der Waals surface area contributed by atoms with Crippen molar-refractivity contribution in [3.63, 3.8) is 0 Å². The summed E-state index contributed by atoms with van der Waals surface area (Å²) in [5.74, 6) is -0.624. The summed E-state index contributed by atoms with van der Waals surface area (Å²) in [7, 11) is 1.62. The van der Waals surface area contributed by atoms with Crippen LogP contribution >= 0.6 is 0 Å². The maximum absolute atomic E-state index is 13.6. The fourth-order valence-corrected chi connectivity index (χ4v) is 5.28. The first-order chi connectivity index (χ1) is 18.7. The summed E-state index contributed by atoms with van der Waals surface area (Å²) in [5, 5.41) is 11.7. The number of amides is 1. The van der Waals surface area contributed by atoms with E-state index in [9.17, 15) is 14.7 Å². The van der Waals surface area contributed by atoms with Crippen LogP contribution in [-0.4, -0.2) is 23.9 Å². The highest BCUT2D eigenvalue weighted by molar-refractivity contribution is 6.51. The Balaban J connectivity index is 1.91. The molecule has 5 heteroatoms. The Hall–Kier alpha value is -3.86. The number of ketones is 1. The van der Waals surface area contributed by atoms with E-state index in [-0.39, 0.29) is 17.3 Å². The largest absolute Gasteiger partial charge is 0.507 e. The third-order valence-electron chi connectivity index (χ3n) is 7.64. The van der Waals surface area contributed by atoms with Gasteiger partial charge in [0, 0.05) is 11.3 Å². The number of hydrogen-bond donors (Lipinski definition) is 1. The first kappa shape index (κ1) is 28.2. The molecular formula is C34H39NO4. The number of nitrogens with zero attached hydrogens (tertiary/aromatic N) is 1. The first-order valence-corrected chi connectivity index (χ1v) is 13.9. The van der Waals surface area contributed by atoms with Crippen molar-refractivity contribution in [2.45, 2.75) is 72.3 Å². The molecule has 0 saturated carbocycles. The van der Waals surface area contributed by atoms with Crippen LogP contribution in [0.4, 0.5) is 5.69 Å². The van der Waals surface area contributed by atoms with Crippen LogP contribution in [0.1, 0.15) is 85.9 Å². The average molecular weight is 526 g/mol. The third-order valence-corrected chi connectivity index (χ3v) is 7.64. The number of methoxy groups -OCH3 is 1. The van der Waals surface area contributed by atoms with Crippen molar-refractivity contribution in [2.75, 3.05) is 12.0 Å². The maximum Gasteiger partial charge on any atom is 0.300 e. The summed E-state index contributed by atoms with van der Waals surface area (Å²) in [6.45, 7) is 10.2. The predicted octanol–water partition coefficient (Wildman–Crippen LogP) is 7.66. The molecule has 1 heterocycles. The van der Waals surface area contributed by atoms with Gasteiger partial charge in [-0.25, -0.2) is 0 Å². The summed E-state index contributed by atoms with van der Waals surface area (Å²) in [4.78, 5) is 28.8. The van der Waals surface area contributed by atoms with Crippen molar-refractivity contribution >= 4 is 23.1 Å². The second kappa shape index (κ2) is 11.9. The van der Waals surface area contributed by atoms with Gasteiger partial charge in [-0.2, -0.15) is 0 Å². The Kier molecular flexibility index (Phi) is 8.59. The molecule has 1 atom stereocenters. The van der Waals surface area contributed by atoms with Crippen LogP contribution in [0.25, 0.3) is 5.76 Å². The molecule has 1 fully saturated rings. The lowest BCUT2D eigenvalue weighted by molar-refractivity contribution is -0.132. The molecule has 3 aromatic rings. The molecule has 5 nitrogen and oxygen atoms in total. The topological polar surface area (TPSA) is 66.8 Å². The van der Waals surface area contributed by atoms with Crippen LogP contribution in [-0.2, 0) is 22.4 Å². The molecule has 1 amide bonds. The molecule has 204 valence electrons. The number of aryl methyl sites for hydroxylation is 3. The van der Waals surface area contributed by atoms with Gasteiger partial charge in [0.05, 0.1) is 18.7 Å². The fourth-order valence-electron chi connectivity index (χ4n) is 5.28.